The van der Waals surface area contributed by atoms with Crippen molar-refractivity contribution in [2.24, 2.45) is 0 Å². The molecule has 11 rings (SSSR count). The molecule has 0 aliphatic rings. The van der Waals surface area contributed by atoms with Gasteiger partial charge in [-0.05, 0) is 66.0 Å². The van der Waals surface area contributed by atoms with E-state index in [2.05, 4.69) is 190 Å². The highest BCUT2D eigenvalue weighted by atomic mass is 15.1. The van der Waals surface area contributed by atoms with Crippen LogP contribution in [0.4, 0.5) is 0 Å². The molecule has 0 saturated heterocycles. The zero-order valence-corrected chi connectivity index (χ0v) is 27.6. The summed E-state index contributed by atoms with van der Waals surface area (Å²) in [4.78, 5) is 5.08. The second kappa shape index (κ2) is 10.8. The normalized spacial score (nSPS) is 11.9. The lowest BCUT2D eigenvalue weighted by Gasteiger charge is -2.15. The van der Waals surface area contributed by atoms with Crippen LogP contribution in [0.2, 0.25) is 0 Å². The van der Waals surface area contributed by atoms with E-state index < -0.39 is 0 Å². The molecule has 0 N–H and O–H groups in total. The molecule has 0 aliphatic heterocycles. The molecule has 4 nitrogen and oxygen atoms in total. The molecule has 0 radical (unpaired) electrons. The van der Waals surface area contributed by atoms with Crippen molar-refractivity contribution in [3.8, 4) is 28.5 Å². The van der Waals surface area contributed by atoms with Crippen molar-refractivity contribution in [3.63, 3.8) is 0 Å². The van der Waals surface area contributed by atoms with Gasteiger partial charge in [0.1, 0.15) is 5.82 Å². The topological polar surface area (TPSA) is 27.7 Å². The fraction of sp³-hybridized carbons (Fsp3) is 0. The number of nitrogens with zero attached hydrogens (tertiary/aromatic N) is 4. The Morgan fingerprint density at radius 3 is 1.41 bits per heavy atom. The summed E-state index contributed by atoms with van der Waals surface area (Å²) < 4.78 is 7.19. The van der Waals surface area contributed by atoms with Crippen LogP contribution >= 0.6 is 0 Å². The lowest BCUT2D eigenvalue weighted by molar-refractivity contribution is 1.09. The Morgan fingerprint density at radius 2 is 0.804 bits per heavy atom. The van der Waals surface area contributed by atoms with Gasteiger partial charge in [-0.1, -0.05) is 121 Å². The molecule has 0 atom stereocenters. The Kier molecular flexibility index (Phi) is 5.92. The zero-order valence-electron chi connectivity index (χ0n) is 27.6. The molecule has 0 amide bonds. The molecule has 0 bridgehead atoms. The van der Waals surface area contributed by atoms with Crippen LogP contribution in [-0.2, 0) is 0 Å². The number of hydrogen-bond donors (Lipinski definition) is 0. The summed E-state index contributed by atoms with van der Waals surface area (Å²) in [7, 11) is 0. The Morgan fingerprint density at radius 1 is 0.333 bits per heavy atom. The summed E-state index contributed by atoms with van der Waals surface area (Å²) in [5.74, 6) is 0.934. The fourth-order valence-electron chi connectivity index (χ4n) is 8.25. The second-order valence-corrected chi connectivity index (χ2v) is 13.2. The number of fused-ring (bicyclic) bond motifs is 10. The summed E-state index contributed by atoms with van der Waals surface area (Å²) in [6, 6.07) is 65.3. The van der Waals surface area contributed by atoms with Crippen molar-refractivity contribution < 1.29 is 0 Å². The molecule has 3 aromatic heterocycles. The molecule has 8 aromatic carbocycles. The van der Waals surface area contributed by atoms with Gasteiger partial charge in [-0.2, -0.15) is 0 Å². The first-order chi connectivity index (χ1) is 25.3. The Balaban J connectivity index is 1.22. The van der Waals surface area contributed by atoms with E-state index in [-0.39, 0.29) is 0 Å². The highest BCUT2D eigenvalue weighted by molar-refractivity contribution is 6.28. The third kappa shape index (κ3) is 4.05. The third-order valence-electron chi connectivity index (χ3n) is 10.4. The second-order valence-electron chi connectivity index (χ2n) is 13.2. The van der Waals surface area contributed by atoms with E-state index in [1.165, 1.54) is 54.4 Å². The highest BCUT2D eigenvalue weighted by Crippen LogP contribution is 2.43. The van der Waals surface area contributed by atoms with Gasteiger partial charge < -0.3 is 9.13 Å². The average Bonchev–Trinajstić information content (AvgIpc) is 3.87. The maximum Gasteiger partial charge on any atom is 0.145 e. The Bertz CT molecular complexity index is 3100. The van der Waals surface area contributed by atoms with Gasteiger partial charge in [-0.15, -0.1) is 0 Å². The predicted octanol–water partition coefficient (Wildman–Crippen LogP) is 12.0. The molecule has 0 saturated carbocycles. The summed E-state index contributed by atoms with van der Waals surface area (Å²) >= 11 is 0. The van der Waals surface area contributed by atoms with Gasteiger partial charge >= 0.3 is 0 Å². The maximum absolute atomic E-state index is 5.08. The van der Waals surface area contributed by atoms with E-state index in [1.807, 2.05) is 6.07 Å². The largest absolute Gasteiger partial charge is 0.309 e. The zero-order chi connectivity index (χ0) is 33.5. The maximum atomic E-state index is 5.08. The molecule has 51 heavy (non-hydrogen) atoms. The van der Waals surface area contributed by atoms with Crippen LogP contribution in [0, 0.1) is 0 Å². The molecule has 11 aromatic rings. The van der Waals surface area contributed by atoms with Crippen LogP contribution in [-0.4, -0.2) is 18.7 Å². The van der Waals surface area contributed by atoms with Gasteiger partial charge in [-0.25, -0.2) is 4.98 Å². The first-order valence-electron chi connectivity index (χ1n) is 17.4. The number of hydrogen-bond acceptors (Lipinski definition) is 1. The average molecular weight is 651 g/mol. The number of benzene rings is 8. The van der Waals surface area contributed by atoms with Crippen LogP contribution in [0.15, 0.2) is 182 Å². The monoisotopic (exact) mass is 650 g/mol. The van der Waals surface area contributed by atoms with Crippen molar-refractivity contribution >= 4 is 65.4 Å². The van der Waals surface area contributed by atoms with Crippen LogP contribution in [0.5, 0.6) is 0 Å². The summed E-state index contributed by atoms with van der Waals surface area (Å²) in [6.45, 7) is 0. The van der Waals surface area contributed by atoms with Crippen molar-refractivity contribution in [2.75, 3.05) is 0 Å². The van der Waals surface area contributed by atoms with Crippen LogP contribution in [0.25, 0.3) is 93.9 Å². The van der Waals surface area contributed by atoms with Crippen LogP contribution in [0.1, 0.15) is 0 Å². The number of para-hydroxylation sites is 5. The number of rotatable bonds is 4. The van der Waals surface area contributed by atoms with Gasteiger partial charge in [0.05, 0.1) is 33.1 Å². The molecule has 3 heterocycles. The van der Waals surface area contributed by atoms with Gasteiger partial charge in [0.15, 0.2) is 0 Å². The first-order valence-corrected chi connectivity index (χ1v) is 17.4. The van der Waals surface area contributed by atoms with Gasteiger partial charge in [-0.3, -0.25) is 4.57 Å². The smallest absolute Gasteiger partial charge is 0.145 e. The van der Waals surface area contributed by atoms with E-state index in [0.29, 0.717) is 0 Å². The predicted molar refractivity (Wildman–Crippen MR) is 213 cm³/mol. The lowest BCUT2D eigenvalue weighted by atomic mass is 10.0. The molecule has 0 aliphatic carbocycles. The molecule has 0 unspecified atom stereocenters. The summed E-state index contributed by atoms with van der Waals surface area (Å²) in [5.41, 5.74) is 11.3. The third-order valence-corrected chi connectivity index (χ3v) is 10.4. The number of aromatic nitrogens is 4. The SMILES string of the molecule is c1ccc(-c2nc3ccccc3n2-c2ccc(-n3c4ccccc4c4ccc5ccc6c7ccccc7n(-c7ccccc7)c6c5c43)cc2)cc1. The minimum Gasteiger partial charge on any atom is -0.309 e. The minimum atomic E-state index is 0.934. The quantitative estimate of drug-likeness (QED) is 0.186. The summed E-state index contributed by atoms with van der Waals surface area (Å²) in [6.07, 6.45) is 0. The van der Waals surface area contributed by atoms with Crippen LogP contribution in [0.3, 0.4) is 0 Å². The number of imidazole rings is 1. The van der Waals surface area contributed by atoms with E-state index in [0.717, 1.165) is 39.5 Å². The summed E-state index contributed by atoms with van der Waals surface area (Å²) in [5, 5.41) is 7.45. The van der Waals surface area contributed by atoms with E-state index in [1.54, 1.807) is 0 Å². The van der Waals surface area contributed by atoms with Crippen molar-refractivity contribution in [2.45, 2.75) is 0 Å². The van der Waals surface area contributed by atoms with E-state index in [4.69, 9.17) is 4.98 Å². The van der Waals surface area contributed by atoms with Gasteiger partial charge in [0.2, 0.25) is 0 Å². The molecule has 238 valence electrons. The van der Waals surface area contributed by atoms with Crippen molar-refractivity contribution in [3.05, 3.63) is 182 Å². The Labute approximate surface area is 293 Å². The molecular formula is C47H30N4. The minimum absolute atomic E-state index is 0.934. The lowest BCUT2D eigenvalue weighted by Crippen LogP contribution is -2.00. The van der Waals surface area contributed by atoms with Gasteiger partial charge in [0, 0.05) is 49.6 Å². The first kappa shape index (κ1) is 28.0. The van der Waals surface area contributed by atoms with Crippen molar-refractivity contribution in [1.29, 1.82) is 0 Å². The van der Waals surface area contributed by atoms with E-state index in [9.17, 15) is 0 Å². The standard InChI is InChI=1S/C47H30N4/c1-3-13-32(14-4-1)47-48-40-19-9-12-22-43(40)51(47)35-27-25-34(26-28-35)50-42-21-11-8-18-37(42)39-30-24-31-23-29-38-36-17-7-10-20-41(36)49(33-15-5-2-6-16-33)45(38)44(31)46(39)50/h1-30H. The van der Waals surface area contributed by atoms with E-state index >= 15 is 0 Å². The van der Waals surface area contributed by atoms with Gasteiger partial charge in [0.25, 0.3) is 0 Å². The van der Waals surface area contributed by atoms with Crippen LogP contribution < -0.4 is 0 Å². The highest BCUT2D eigenvalue weighted by Gasteiger charge is 2.21. The Hall–Kier alpha value is -6.91. The molecular weight excluding hydrogens is 621 g/mol. The van der Waals surface area contributed by atoms with Crippen molar-refractivity contribution in [1.82, 2.24) is 18.7 Å². The fourth-order valence-corrected chi connectivity index (χ4v) is 8.25. The molecule has 0 spiro atoms. The molecule has 0 fully saturated rings. The molecule has 4 heteroatoms.